The van der Waals surface area contributed by atoms with Gasteiger partial charge in [-0.2, -0.15) is 12.6 Å². The van der Waals surface area contributed by atoms with E-state index >= 15 is 0 Å². The largest absolute Gasteiger partial charge is 0.312 e. The van der Waals surface area contributed by atoms with Crippen LogP contribution in [0, 0.1) is 5.92 Å². The first-order valence-corrected chi connectivity index (χ1v) is 5.10. The Morgan fingerprint density at radius 3 is 3.09 bits per heavy atom. The number of fused-ring (bicyclic) bond motifs is 1. The van der Waals surface area contributed by atoms with Crippen molar-refractivity contribution < 1.29 is 0 Å². The van der Waals surface area contributed by atoms with E-state index in [1.807, 2.05) is 0 Å². The van der Waals surface area contributed by atoms with Gasteiger partial charge in [0.2, 0.25) is 0 Å². The third-order valence-corrected chi connectivity index (χ3v) is 3.27. The summed E-state index contributed by atoms with van der Waals surface area (Å²) in [6.07, 6.45) is 2.78. The summed E-state index contributed by atoms with van der Waals surface area (Å²) in [5.41, 5.74) is 0. The van der Waals surface area contributed by atoms with E-state index in [0.29, 0.717) is 0 Å². The molecule has 0 radical (unpaired) electrons. The molecule has 2 aliphatic rings. The first kappa shape index (κ1) is 7.90. The zero-order valence-corrected chi connectivity index (χ0v) is 7.69. The van der Waals surface area contributed by atoms with Crippen LogP contribution in [0.1, 0.15) is 12.8 Å². The quantitative estimate of drug-likeness (QED) is 0.562. The molecular weight excluding hydrogens is 156 g/mol. The highest BCUT2D eigenvalue weighted by Gasteiger charge is 2.33. The van der Waals surface area contributed by atoms with Gasteiger partial charge in [-0.15, -0.1) is 0 Å². The summed E-state index contributed by atoms with van der Waals surface area (Å²) >= 11 is 4.29. The Hall–Kier alpha value is 0.270. The van der Waals surface area contributed by atoms with E-state index in [4.69, 9.17) is 0 Å². The molecule has 0 aliphatic carbocycles. The molecule has 0 amide bonds. The molecule has 0 bridgehead atoms. The highest BCUT2D eigenvalue weighted by Crippen LogP contribution is 2.24. The van der Waals surface area contributed by atoms with Crippen LogP contribution in [0.25, 0.3) is 0 Å². The van der Waals surface area contributed by atoms with Gasteiger partial charge in [0.1, 0.15) is 0 Å². The van der Waals surface area contributed by atoms with Crippen molar-refractivity contribution in [2.24, 2.45) is 5.92 Å². The number of piperidine rings is 1. The zero-order chi connectivity index (χ0) is 7.68. The minimum absolute atomic E-state index is 0.774. The van der Waals surface area contributed by atoms with Crippen molar-refractivity contribution in [3.05, 3.63) is 0 Å². The summed E-state index contributed by atoms with van der Waals surface area (Å²) < 4.78 is 0. The second-order valence-corrected chi connectivity index (χ2v) is 3.92. The Bertz CT molecular complexity index is 126. The van der Waals surface area contributed by atoms with Crippen LogP contribution in [0.4, 0.5) is 0 Å². The fourth-order valence-electron chi connectivity index (χ4n) is 2.25. The van der Waals surface area contributed by atoms with Crippen molar-refractivity contribution in [3.8, 4) is 0 Å². The minimum atomic E-state index is 0.774. The van der Waals surface area contributed by atoms with Gasteiger partial charge in [-0.25, -0.2) is 0 Å². The molecule has 2 unspecified atom stereocenters. The first-order chi connectivity index (χ1) is 5.40. The Labute approximate surface area is 73.7 Å². The molecule has 1 N–H and O–H groups in total. The van der Waals surface area contributed by atoms with E-state index in [2.05, 4.69) is 22.8 Å². The standard InChI is InChI=1S/C8H16N2S/c11-6-10-4-7-2-1-3-9-8(7)5-10/h7-9,11H,1-6H2. The van der Waals surface area contributed by atoms with Crippen molar-refractivity contribution in [2.45, 2.75) is 18.9 Å². The lowest BCUT2D eigenvalue weighted by Gasteiger charge is -2.24. The second kappa shape index (κ2) is 3.33. The summed E-state index contributed by atoms with van der Waals surface area (Å²) in [6, 6.07) is 0.774. The SMILES string of the molecule is SCN1CC2CCCNC2C1. The van der Waals surface area contributed by atoms with Crippen molar-refractivity contribution >= 4 is 12.6 Å². The van der Waals surface area contributed by atoms with Gasteiger partial charge in [-0.05, 0) is 25.3 Å². The lowest BCUT2D eigenvalue weighted by Crippen LogP contribution is -2.40. The summed E-state index contributed by atoms with van der Waals surface area (Å²) in [7, 11) is 0. The molecule has 2 atom stereocenters. The number of likely N-dealkylation sites (tertiary alicyclic amines) is 1. The molecule has 64 valence electrons. The predicted molar refractivity (Wildman–Crippen MR) is 49.9 cm³/mol. The Balaban J connectivity index is 1.92. The molecule has 0 spiro atoms. The fourth-order valence-corrected chi connectivity index (χ4v) is 2.48. The van der Waals surface area contributed by atoms with Crippen LogP contribution >= 0.6 is 12.6 Å². The third-order valence-electron chi connectivity index (χ3n) is 2.87. The number of hydrogen-bond donors (Lipinski definition) is 2. The number of nitrogens with one attached hydrogen (secondary N) is 1. The first-order valence-electron chi connectivity index (χ1n) is 4.47. The van der Waals surface area contributed by atoms with Gasteiger partial charge in [0.15, 0.2) is 0 Å². The zero-order valence-electron chi connectivity index (χ0n) is 6.79. The smallest absolute Gasteiger partial charge is 0.0415 e. The summed E-state index contributed by atoms with van der Waals surface area (Å²) in [6.45, 7) is 3.71. The molecule has 2 fully saturated rings. The van der Waals surface area contributed by atoms with Gasteiger partial charge in [-0.3, -0.25) is 4.90 Å². The number of nitrogens with zero attached hydrogens (tertiary/aromatic N) is 1. The molecule has 11 heavy (non-hydrogen) atoms. The van der Waals surface area contributed by atoms with Gasteiger partial charge >= 0.3 is 0 Å². The highest BCUT2D eigenvalue weighted by molar-refractivity contribution is 7.80. The summed E-state index contributed by atoms with van der Waals surface area (Å²) in [5.74, 6) is 1.84. The van der Waals surface area contributed by atoms with Gasteiger partial charge in [0.05, 0.1) is 0 Å². The number of rotatable bonds is 1. The average molecular weight is 172 g/mol. The van der Waals surface area contributed by atoms with E-state index in [1.54, 1.807) is 0 Å². The van der Waals surface area contributed by atoms with E-state index in [9.17, 15) is 0 Å². The van der Waals surface area contributed by atoms with E-state index in [-0.39, 0.29) is 0 Å². The summed E-state index contributed by atoms with van der Waals surface area (Å²) in [4.78, 5) is 2.43. The van der Waals surface area contributed by atoms with E-state index in [1.165, 1.54) is 32.5 Å². The maximum absolute atomic E-state index is 4.29. The van der Waals surface area contributed by atoms with Crippen LogP contribution in [0.15, 0.2) is 0 Å². The summed E-state index contributed by atoms with van der Waals surface area (Å²) in [5, 5.41) is 3.57. The minimum Gasteiger partial charge on any atom is -0.312 e. The molecule has 0 saturated carbocycles. The maximum Gasteiger partial charge on any atom is 0.0415 e. The number of thiol groups is 1. The van der Waals surface area contributed by atoms with Gasteiger partial charge in [-0.1, -0.05) is 0 Å². The second-order valence-electron chi connectivity index (χ2n) is 3.64. The normalized spacial score (nSPS) is 39.0. The van der Waals surface area contributed by atoms with Crippen LogP contribution in [-0.4, -0.2) is 36.5 Å². The molecule has 0 aromatic heterocycles. The third kappa shape index (κ3) is 1.55. The Morgan fingerprint density at radius 2 is 2.36 bits per heavy atom. The van der Waals surface area contributed by atoms with E-state index in [0.717, 1.165) is 17.8 Å². The van der Waals surface area contributed by atoms with Gasteiger partial charge < -0.3 is 5.32 Å². The topological polar surface area (TPSA) is 15.3 Å². The van der Waals surface area contributed by atoms with Crippen molar-refractivity contribution in [1.29, 1.82) is 0 Å². The van der Waals surface area contributed by atoms with Crippen LogP contribution in [-0.2, 0) is 0 Å². The predicted octanol–water partition coefficient (Wildman–Crippen LogP) is 0.557. The van der Waals surface area contributed by atoms with Crippen LogP contribution < -0.4 is 5.32 Å². The molecule has 2 rings (SSSR count). The van der Waals surface area contributed by atoms with Crippen molar-refractivity contribution in [1.82, 2.24) is 10.2 Å². The average Bonchev–Trinajstić information content (AvgIpc) is 2.46. The van der Waals surface area contributed by atoms with Gasteiger partial charge in [0.25, 0.3) is 0 Å². The molecule has 2 heterocycles. The molecule has 2 saturated heterocycles. The van der Waals surface area contributed by atoms with Crippen LogP contribution in [0.5, 0.6) is 0 Å². The molecule has 3 heteroatoms. The lowest BCUT2D eigenvalue weighted by molar-refractivity contribution is 0.337. The van der Waals surface area contributed by atoms with Crippen LogP contribution in [0.2, 0.25) is 0 Å². The van der Waals surface area contributed by atoms with Gasteiger partial charge in [0, 0.05) is 25.0 Å². The maximum atomic E-state index is 4.29. The Kier molecular flexibility index (Phi) is 2.39. The number of hydrogen-bond acceptors (Lipinski definition) is 3. The van der Waals surface area contributed by atoms with Crippen LogP contribution in [0.3, 0.4) is 0 Å². The Morgan fingerprint density at radius 1 is 1.45 bits per heavy atom. The van der Waals surface area contributed by atoms with Crippen molar-refractivity contribution in [3.63, 3.8) is 0 Å². The monoisotopic (exact) mass is 172 g/mol. The molecule has 0 aromatic carbocycles. The highest BCUT2D eigenvalue weighted by atomic mass is 32.1. The lowest BCUT2D eigenvalue weighted by atomic mass is 9.94. The molecule has 0 aromatic rings. The van der Waals surface area contributed by atoms with Crippen molar-refractivity contribution in [2.75, 3.05) is 25.5 Å². The fraction of sp³-hybridized carbons (Fsp3) is 1.00. The van der Waals surface area contributed by atoms with E-state index < -0.39 is 0 Å². The molecule has 2 aliphatic heterocycles. The molecular formula is C8H16N2S. The molecule has 2 nitrogen and oxygen atoms in total.